The predicted molar refractivity (Wildman–Crippen MR) is 75.4 cm³/mol. The summed E-state index contributed by atoms with van der Waals surface area (Å²) in [5.41, 5.74) is 0.400. The standard InChI is InChI=1S/C15H23NO3/c1-10(2)8-16(9-11(3)4)15(19)12-5-6-13(17)14(18)7-12/h5-7,10-11,17-18H,8-9H2,1-4H3. The lowest BCUT2D eigenvalue weighted by Gasteiger charge is -2.26. The second-order valence-corrected chi connectivity index (χ2v) is 5.70. The van der Waals surface area contributed by atoms with Crippen LogP contribution in [0.25, 0.3) is 0 Å². The maximum atomic E-state index is 12.4. The summed E-state index contributed by atoms with van der Waals surface area (Å²) >= 11 is 0. The van der Waals surface area contributed by atoms with Crippen LogP contribution in [0, 0.1) is 11.8 Å². The highest BCUT2D eigenvalue weighted by Crippen LogP contribution is 2.25. The van der Waals surface area contributed by atoms with Crippen LogP contribution in [0.5, 0.6) is 11.5 Å². The molecule has 1 amide bonds. The van der Waals surface area contributed by atoms with Crippen LogP contribution in [-0.4, -0.2) is 34.1 Å². The molecule has 1 rings (SSSR count). The molecule has 4 heteroatoms. The van der Waals surface area contributed by atoms with Crippen molar-refractivity contribution in [1.82, 2.24) is 4.90 Å². The van der Waals surface area contributed by atoms with Crippen LogP contribution in [0.4, 0.5) is 0 Å². The van der Waals surface area contributed by atoms with Crippen molar-refractivity contribution in [3.63, 3.8) is 0 Å². The molecule has 0 unspecified atom stereocenters. The molecule has 106 valence electrons. The molecule has 0 bridgehead atoms. The third-order valence-electron chi connectivity index (χ3n) is 2.68. The number of benzene rings is 1. The molecule has 4 nitrogen and oxygen atoms in total. The van der Waals surface area contributed by atoms with E-state index < -0.39 is 0 Å². The smallest absolute Gasteiger partial charge is 0.254 e. The second-order valence-electron chi connectivity index (χ2n) is 5.70. The second kappa shape index (κ2) is 6.45. The van der Waals surface area contributed by atoms with Gasteiger partial charge in [0.2, 0.25) is 0 Å². The van der Waals surface area contributed by atoms with E-state index in [1.807, 2.05) is 0 Å². The number of amides is 1. The summed E-state index contributed by atoms with van der Waals surface area (Å²) in [6.07, 6.45) is 0. The number of rotatable bonds is 5. The Morgan fingerprint density at radius 2 is 1.58 bits per heavy atom. The molecule has 0 aliphatic heterocycles. The molecule has 1 aromatic carbocycles. The first-order valence-corrected chi connectivity index (χ1v) is 6.62. The summed E-state index contributed by atoms with van der Waals surface area (Å²) in [5, 5.41) is 18.8. The van der Waals surface area contributed by atoms with Crippen LogP contribution >= 0.6 is 0 Å². The Hall–Kier alpha value is -1.71. The SMILES string of the molecule is CC(C)CN(CC(C)C)C(=O)c1ccc(O)c(O)c1. The number of nitrogens with zero attached hydrogens (tertiary/aromatic N) is 1. The molecular weight excluding hydrogens is 242 g/mol. The number of hydrogen-bond donors (Lipinski definition) is 2. The summed E-state index contributed by atoms with van der Waals surface area (Å²) in [7, 11) is 0. The summed E-state index contributed by atoms with van der Waals surface area (Å²) in [6, 6.07) is 4.18. The molecule has 0 aromatic heterocycles. The van der Waals surface area contributed by atoms with E-state index in [1.54, 1.807) is 4.90 Å². The number of hydrogen-bond acceptors (Lipinski definition) is 3. The highest BCUT2D eigenvalue weighted by Gasteiger charge is 2.19. The molecule has 0 saturated heterocycles. The molecule has 0 radical (unpaired) electrons. The van der Waals surface area contributed by atoms with Crippen molar-refractivity contribution in [3.8, 4) is 11.5 Å². The summed E-state index contributed by atoms with van der Waals surface area (Å²) < 4.78 is 0. The van der Waals surface area contributed by atoms with E-state index in [0.717, 1.165) is 0 Å². The number of phenols is 2. The molecule has 2 N–H and O–H groups in total. The van der Waals surface area contributed by atoms with Crippen molar-refractivity contribution in [2.75, 3.05) is 13.1 Å². The Bertz CT molecular complexity index is 431. The fourth-order valence-corrected chi connectivity index (χ4v) is 1.96. The van der Waals surface area contributed by atoms with Gasteiger partial charge in [0.1, 0.15) is 0 Å². The van der Waals surface area contributed by atoms with Crippen LogP contribution < -0.4 is 0 Å². The molecular formula is C15H23NO3. The van der Waals surface area contributed by atoms with E-state index in [1.165, 1.54) is 18.2 Å². The molecule has 0 aliphatic rings. The zero-order valence-corrected chi connectivity index (χ0v) is 12.1. The van der Waals surface area contributed by atoms with Gasteiger partial charge in [-0.25, -0.2) is 0 Å². The summed E-state index contributed by atoms with van der Waals surface area (Å²) in [5.74, 6) is 0.176. The Kier molecular flexibility index (Phi) is 5.21. The molecule has 0 spiro atoms. The van der Waals surface area contributed by atoms with Gasteiger partial charge < -0.3 is 15.1 Å². The maximum Gasteiger partial charge on any atom is 0.254 e. The minimum absolute atomic E-state index is 0.113. The van der Waals surface area contributed by atoms with E-state index in [4.69, 9.17) is 0 Å². The number of phenolic OH excluding ortho intramolecular Hbond substituents is 2. The van der Waals surface area contributed by atoms with E-state index >= 15 is 0 Å². The first kappa shape index (κ1) is 15.3. The van der Waals surface area contributed by atoms with Gasteiger partial charge in [-0.15, -0.1) is 0 Å². The zero-order valence-electron chi connectivity index (χ0n) is 12.1. The summed E-state index contributed by atoms with van der Waals surface area (Å²) in [6.45, 7) is 9.62. The fraction of sp³-hybridized carbons (Fsp3) is 0.533. The molecule has 0 fully saturated rings. The number of aromatic hydroxyl groups is 2. The van der Waals surface area contributed by atoms with Gasteiger partial charge in [-0.05, 0) is 30.0 Å². The quantitative estimate of drug-likeness (QED) is 0.805. The lowest BCUT2D eigenvalue weighted by atomic mass is 10.1. The van der Waals surface area contributed by atoms with Crippen LogP contribution in [-0.2, 0) is 0 Å². The third-order valence-corrected chi connectivity index (χ3v) is 2.68. The zero-order chi connectivity index (χ0) is 14.6. The van der Waals surface area contributed by atoms with Crippen molar-refractivity contribution < 1.29 is 15.0 Å². The number of carbonyl (C=O) groups excluding carboxylic acids is 1. The largest absolute Gasteiger partial charge is 0.504 e. The summed E-state index contributed by atoms with van der Waals surface area (Å²) in [4.78, 5) is 14.2. The lowest BCUT2D eigenvalue weighted by Crippen LogP contribution is -2.37. The van der Waals surface area contributed by atoms with Crippen LogP contribution in [0.3, 0.4) is 0 Å². The van der Waals surface area contributed by atoms with Gasteiger partial charge in [0.25, 0.3) is 5.91 Å². The lowest BCUT2D eigenvalue weighted by molar-refractivity contribution is 0.0714. The van der Waals surface area contributed by atoms with Crippen molar-refractivity contribution in [2.24, 2.45) is 11.8 Å². The highest BCUT2D eigenvalue weighted by atomic mass is 16.3. The van der Waals surface area contributed by atoms with Gasteiger partial charge in [-0.1, -0.05) is 27.7 Å². The van der Waals surface area contributed by atoms with Crippen LogP contribution in [0.1, 0.15) is 38.1 Å². The number of carbonyl (C=O) groups is 1. The third kappa shape index (κ3) is 4.47. The van der Waals surface area contributed by atoms with E-state index in [2.05, 4.69) is 27.7 Å². The molecule has 0 aliphatic carbocycles. The average Bonchev–Trinajstić information content (AvgIpc) is 2.29. The Balaban J connectivity index is 2.94. The van der Waals surface area contributed by atoms with Gasteiger partial charge in [0.15, 0.2) is 11.5 Å². The topological polar surface area (TPSA) is 60.8 Å². The molecule has 0 saturated carbocycles. The van der Waals surface area contributed by atoms with E-state index in [9.17, 15) is 15.0 Å². The van der Waals surface area contributed by atoms with Gasteiger partial charge in [0, 0.05) is 18.7 Å². The fourth-order valence-electron chi connectivity index (χ4n) is 1.96. The van der Waals surface area contributed by atoms with Crippen molar-refractivity contribution in [1.29, 1.82) is 0 Å². The minimum Gasteiger partial charge on any atom is -0.504 e. The van der Waals surface area contributed by atoms with E-state index in [0.29, 0.717) is 30.5 Å². The van der Waals surface area contributed by atoms with Crippen molar-refractivity contribution in [3.05, 3.63) is 23.8 Å². The maximum absolute atomic E-state index is 12.4. The monoisotopic (exact) mass is 265 g/mol. The minimum atomic E-state index is -0.264. The molecule has 0 heterocycles. The molecule has 19 heavy (non-hydrogen) atoms. The molecule has 0 atom stereocenters. The molecule has 1 aromatic rings. The predicted octanol–water partition coefficient (Wildman–Crippen LogP) is 2.85. The van der Waals surface area contributed by atoms with Crippen LogP contribution in [0.15, 0.2) is 18.2 Å². The van der Waals surface area contributed by atoms with Crippen LogP contribution in [0.2, 0.25) is 0 Å². The normalized spacial score (nSPS) is 11.1. The van der Waals surface area contributed by atoms with Gasteiger partial charge in [-0.2, -0.15) is 0 Å². The Morgan fingerprint density at radius 3 is 2.00 bits per heavy atom. The van der Waals surface area contributed by atoms with Crippen molar-refractivity contribution >= 4 is 5.91 Å². The van der Waals surface area contributed by atoms with Gasteiger partial charge in [0.05, 0.1) is 0 Å². The average molecular weight is 265 g/mol. The van der Waals surface area contributed by atoms with Crippen molar-refractivity contribution in [2.45, 2.75) is 27.7 Å². The Morgan fingerprint density at radius 1 is 1.05 bits per heavy atom. The van der Waals surface area contributed by atoms with Gasteiger partial charge >= 0.3 is 0 Å². The van der Waals surface area contributed by atoms with E-state index in [-0.39, 0.29) is 17.4 Å². The highest BCUT2D eigenvalue weighted by molar-refractivity contribution is 5.94. The Labute approximate surface area is 114 Å². The first-order chi connectivity index (χ1) is 8.81. The first-order valence-electron chi connectivity index (χ1n) is 6.62. The van der Waals surface area contributed by atoms with Gasteiger partial charge in [-0.3, -0.25) is 4.79 Å².